The summed E-state index contributed by atoms with van der Waals surface area (Å²) in [7, 11) is -3.56. The minimum atomic E-state index is -3.56. The Balaban J connectivity index is 1.61. The number of nitrogens with one attached hydrogen (secondary N) is 1. The van der Waals surface area contributed by atoms with E-state index in [4.69, 9.17) is 0 Å². The number of sulfonamides is 1. The third-order valence-electron chi connectivity index (χ3n) is 5.32. The lowest BCUT2D eigenvalue weighted by molar-refractivity contribution is -0.120. The molecule has 1 aliphatic rings. The van der Waals surface area contributed by atoms with Gasteiger partial charge in [0, 0.05) is 25.2 Å². The van der Waals surface area contributed by atoms with Crippen molar-refractivity contribution in [1.82, 2.24) is 9.62 Å². The summed E-state index contributed by atoms with van der Waals surface area (Å²) in [6.07, 6.45) is 2.33. The number of carbonyl (C=O) groups is 2. The quantitative estimate of drug-likeness (QED) is 0.670. The van der Waals surface area contributed by atoms with Crippen molar-refractivity contribution in [2.24, 2.45) is 10.9 Å². The Morgan fingerprint density at radius 2 is 1.77 bits per heavy atom. The minimum absolute atomic E-state index is 0.158. The standard InChI is InChI=1S/C23H27N3O4S/c1-4-26(5-2)31(29,30)20-10-8-17(9-11-20)22(27)24-13-12-19-15-18-7-6-16(3)14-21(18)25-23(19)28/h6-11,14-15,19H,4-5,12-13H2,1-3H3,(H,24,27). The summed E-state index contributed by atoms with van der Waals surface area (Å²) in [5, 5.41) is 4.40. The second-order valence-corrected chi connectivity index (χ2v) is 9.38. The SMILES string of the molecule is CCN(CC)S(=O)(=O)c1ccc(C(=O)NCCC2C=c3ccc(C)cc3=NC2=O)cc1. The van der Waals surface area contributed by atoms with E-state index in [1.54, 1.807) is 13.8 Å². The molecule has 3 rings (SSSR count). The Hall–Kier alpha value is -2.84. The summed E-state index contributed by atoms with van der Waals surface area (Å²) >= 11 is 0. The highest BCUT2D eigenvalue weighted by molar-refractivity contribution is 7.89. The number of carbonyl (C=O) groups excluding carboxylic acids is 2. The van der Waals surface area contributed by atoms with Crippen LogP contribution >= 0.6 is 0 Å². The number of rotatable bonds is 8. The van der Waals surface area contributed by atoms with E-state index in [1.807, 2.05) is 31.2 Å². The molecule has 164 valence electrons. The smallest absolute Gasteiger partial charge is 0.253 e. The molecule has 1 heterocycles. The second kappa shape index (κ2) is 9.53. The zero-order valence-electron chi connectivity index (χ0n) is 18.0. The molecule has 0 aromatic heterocycles. The monoisotopic (exact) mass is 441 g/mol. The molecular weight excluding hydrogens is 414 g/mol. The Morgan fingerprint density at radius 1 is 1.10 bits per heavy atom. The maximum Gasteiger partial charge on any atom is 0.253 e. The minimum Gasteiger partial charge on any atom is -0.352 e. The van der Waals surface area contributed by atoms with Crippen LogP contribution in [0, 0.1) is 12.8 Å². The lowest BCUT2D eigenvalue weighted by atomic mass is 9.99. The van der Waals surface area contributed by atoms with Gasteiger partial charge in [-0.1, -0.05) is 32.1 Å². The van der Waals surface area contributed by atoms with E-state index in [9.17, 15) is 18.0 Å². The molecule has 2 amide bonds. The highest BCUT2D eigenvalue weighted by Crippen LogP contribution is 2.16. The molecule has 31 heavy (non-hydrogen) atoms. The van der Waals surface area contributed by atoms with Crippen molar-refractivity contribution in [2.45, 2.75) is 32.1 Å². The lowest BCUT2D eigenvalue weighted by Gasteiger charge is -2.18. The van der Waals surface area contributed by atoms with Gasteiger partial charge in [-0.25, -0.2) is 13.4 Å². The zero-order valence-corrected chi connectivity index (χ0v) is 18.8. The Labute approximate surface area is 182 Å². The average Bonchev–Trinajstić information content (AvgIpc) is 2.75. The fraction of sp³-hybridized carbons (Fsp3) is 0.348. The maximum absolute atomic E-state index is 12.5. The van der Waals surface area contributed by atoms with E-state index in [0.717, 1.165) is 10.8 Å². The summed E-state index contributed by atoms with van der Waals surface area (Å²) < 4.78 is 26.4. The first-order valence-electron chi connectivity index (χ1n) is 10.4. The molecule has 1 N–H and O–H groups in total. The molecule has 0 spiro atoms. The van der Waals surface area contributed by atoms with Gasteiger partial charge >= 0.3 is 0 Å². The number of fused-ring (bicyclic) bond motifs is 1. The Kier molecular flexibility index (Phi) is 7.02. The van der Waals surface area contributed by atoms with E-state index >= 15 is 0 Å². The van der Waals surface area contributed by atoms with Crippen LogP contribution in [0.4, 0.5) is 0 Å². The van der Waals surface area contributed by atoms with Gasteiger partial charge in [-0.15, -0.1) is 0 Å². The maximum atomic E-state index is 12.5. The van der Waals surface area contributed by atoms with Crippen LogP contribution < -0.4 is 15.9 Å². The third-order valence-corrected chi connectivity index (χ3v) is 7.38. The van der Waals surface area contributed by atoms with Crippen molar-refractivity contribution in [2.75, 3.05) is 19.6 Å². The zero-order chi connectivity index (χ0) is 22.6. The number of nitrogens with zero attached hydrogens (tertiary/aromatic N) is 2. The van der Waals surface area contributed by atoms with Crippen LogP contribution in [0.5, 0.6) is 0 Å². The van der Waals surface area contributed by atoms with E-state index < -0.39 is 10.0 Å². The lowest BCUT2D eigenvalue weighted by Crippen LogP contribution is -2.35. The van der Waals surface area contributed by atoms with Crippen molar-refractivity contribution in [3.8, 4) is 0 Å². The van der Waals surface area contributed by atoms with E-state index in [0.29, 0.717) is 37.0 Å². The molecule has 1 atom stereocenters. The van der Waals surface area contributed by atoms with Crippen LogP contribution in [0.25, 0.3) is 6.08 Å². The highest BCUT2D eigenvalue weighted by atomic mass is 32.2. The topological polar surface area (TPSA) is 95.9 Å². The molecule has 0 bridgehead atoms. The normalized spacial score (nSPS) is 15.7. The molecule has 8 heteroatoms. The first-order chi connectivity index (χ1) is 14.8. The molecule has 0 aliphatic carbocycles. The largest absolute Gasteiger partial charge is 0.352 e. The first kappa shape index (κ1) is 22.8. The van der Waals surface area contributed by atoms with E-state index in [-0.39, 0.29) is 22.6 Å². The number of hydrogen-bond donors (Lipinski definition) is 1. The fourth-order valence-electron chi connectivity index (χ4n) is 3.52. The molecule has 0 radical (unpaired) electrons. The average molecular weight is 442 g/mol. The molecule has 2 aromatic carbocycles. The number of hydrogen-bond acceptors (Lipinski definition) is 4. The van der Waals surface area contributed by atoms with Gasteiger partial charge in [-0.3, -0.25) is 9.59 Å². The van der Waals surface area contributed by atoms with Crippen LogP contribution in [0.2, 0.25) is 0 Å². The van der Waals surface area contributed by atoms with Crippen LogP contribution in [0.1, 0.15) is 36.2 Å². The molecule has 1 aliphatic heterocycles. The van der Waals surface area contributed by atoms with Crippen LogP contribution in [0.15, 0.2) is 52.4 Å². The summed E-state index contributed by atoms with van der Waals surface area (Å²) in [5.74, 6) is -0.904. The van der Waals surface area contributed by atoms with Gasteiger partial charge in [-0.2, -0.15) is 4.31 Å². The molecule has 7 nitrogen and oxygen atoms in total. The van der Waals surface area contributed by atoms with E-state index in [1.165, 1.54) is 28.6 Å². The van der Waals surface area contributed by atoms with Crippen LogP contribution in [-0.4, -0.2) is 44.2 Å². The van der Waals surface area contributed by atoms with Gasteiger partial charge in [0.25, 0.3) is 11.8 Å². The van der Waals surface area contributed by atoms with Gasteiger partial charge in [0.05, 0.1) is 16.2 Å². The molecule has 0 fully saturated rings. The van der Waals surface area contributed by atoms with Crippen LogP contribution in [-0.2, 0) is 14.8 Å². The molecule has 1 unspecified atom stereocenters. The van der Waals surface area contributed by atoms with Gasteiger partial charge in [-0.05, 0) is 54.5 Å². The van der Waals surface area contributed by atoms with E-state index in [2.05, 4.69) is 10.3 Å². The van der Waals surface area contributed by atoms with Crippen molar-refractivity contribution >= 4 is 27.9 Å². The fourth-order valence-corrected chi connectivity index (χ4v) is 4.98. The van der Waals surface area contributed by atoms with Gasteiger partial charge in [0.1, 0.15) is 0 Å². The summed E-state index contributed by atoms with van der Waals surface area (Å²) in [6.45, 7) is 6.59. The van der Waals surface area contributed by atoms with Gasteiger partial charge in [0.2, 0.25) is 10.0 Å². The first-order valence-corrected chi connectivity index (χ1v) is 11.8. The molecular formula is C23H27N3O4S. The highest BCUT2D eigenvalue weighted by Gasteiger charge is 2.22. The molecule has 0 saturated carbocycles. The summed E-state index contributed by atoms with van der Waals surface area (Å²) in [5.41, 5.74) is 1.41. The Morgan fingerprint density at radius 3 is 2.42 bits per heavy atom. The third kappa shape index (κ3) is 5.08. The number of aryl methyl sites for hydroxylation is 1. The Bertz CT molecular complexity index is 1200. The molecule has 2 aromatic rings. The predicted molar refractivity (Wildman–Crippen MR) is 118 cm³/mol. The van der Waals surface area contributed by atoms with Crippen molar-refractivity contribution < 1.29 is 18.0 Å². The summed E-state index contributed by atoms with van der Waals surface area (Å²) in [4.78, 5) is 29.0. The number of amides is 2. The van der Waals surface area contributed by atoms with Crippen molar-refractivity contribution in [1.29, 1.82) is 0 Å². The van der Waals surface area contributed by atoms with Crippen molar-refractivity contribution in [3.05, 3.63) is 64.2 Å². The van der Waals surface area contributed by atoms with Gasteiger partial charge in [0.15, 0.2) is 0 Å². The second-order valence-electron chi connectivity index (χ2n) is 7.44. The van der Waals surface area contributed by atoms with Crippen molar-refractivity contribution in [3.63, 3.8) is 0 Å². The molecule has 0 saturated heterocycles. The van der Waals surface area contributed by atoms with Crippen LogP contribution in [0.3, 0.4) is 0 Å². The predicted octanol–water partition coefficient (Wildman–Crippen LogP) is 1.40. The summed E-state index contributed by atoms with van der Waals surface area (Å²) in [6, 6.07) is 11.7. The van der Waals surface area contributed by atoms with Gasteiger partial charge < -0.3 is 5.32 Å². The number of benzene rings is 2.